The van der Waals surface area contributed by atoms with Gasteiger partial charge in [-0.2, -0.15) is 5.10 Å². The number of ether oxygens (including phenoxy) is 1. The van der Waals surface area contributed by atoms with Crippen LogP contribution in [0.5, 0.6) is 5.75 Å². The lowest BCUT2D eigenvalue weighted by Gasteiger charge is -2.13. The molecule has 6 heteroatoms. The van der Waals surface area contributed by atoms with Crippen LogP contribution in [0.3, 0.4) is 0 Å². The lowest BCUT2D eigenvalue weighted by molar-refractivity contribution is 0.303. The molecule has 1 aliphatic heterocycles. The van der Waals surface area contributed by atoms with Crippen molar-refractivity contribution in [1.82, 2.24) is 14.8 Å². The van der Waals surface area contributed by atoms with Gasteiger partial charge in [-0.25, -0.2) is 9.07 Å². The maximum absolute atomic E-state index is 13.3. The van der Waals surface area contributed by atoms with Crippen molar-refractivity contribution in [1.29, 1.82) is 0 Å². The van der Waals surface area contributed by atoms with Crippen molar-refractivity contribution in [3.05, 3.63) is 88.0 Å². The summed E-state index contributed by atoms with van der Waals surface area (Å²) in [5, 5.41) is 5.51. The Morgan fingerprint density at radius 2 is 2.00 bits per heavy atom. The summed E-state index contributed by atoms with van der Waals surface area (Å²) in [6, 6.07) is 14.4. The summed E-state index contributed by atoms with van der Waals surface area (Å²) in [4.78, 5) is 4.53. The average molecular weight is 450 g/mol. The first-order valence-electron chi connectivity index (χ1n) is 9.39. The van der Waals surface area contributed by atoms with E-state index in [1.54, 1.807) is 23.0 Å². The highest BCUT2D eigenvalue weighted by Gasteiger charge is 2.23. The normalized spacial score (nSPS) is 14.7. The molecule has 0 amide bonds. The summed E-state index contributed by atoms with van der Waals surface area (Å²) in [5.41, 5.74) is 5.79. The van der Waals surface area contributed by atoms with Crippen LogP contribution >= 0.6 is 15.9 Å². The van der Waals surface area contributed by atoms with E-state index in [-0.39, 0.29) is 5.82 Å². The number of nitrogens with zero attached hydrogens (tertiary/aromatic N) is 3. The Morgan fingerprint density at radius 1 is 1.17 bits per heavy atom. The van der Waals surface area contributed by atoms with E-state index < -0.39 is 0 Å². The number of benzene rings is 2. The highest BCUT2D eigenvalue weighted by Crippen LogP contribution is 2.42. The smallest absolute Gasteiger partial charge is 0.131 e. The summed E-state index contributed by atoms with van der Waals surface area (Å²) < 4.78 is 22.4. The van der Waals surface area contributed by atoms with Gasteiger partial charge in [-0.15, -0.1) is 0 Å². The third kappa shape index (κ3) is 3.04. The molecule has 0 spiro atoms. The Hall–Kier alpha value is -2.99. The van der Waals surface area contributed by atoms with Gasteiger partial charge in [0.2, 0.25) is 0 Å². The Morgan fingerprint density at radius 3 is 2.79 bits per heavy atom. The Bertz CT molecular complexity index is 1260. The van der Waals surface area contributed by atoms with E-state index in [0.717, 1.165) is 55.6 Å². The topological polar surface area (TPSA) is 39.9 Å². The van der Waals surface area contributed by atoms with Gasteiger partial charge < -0.3 is 4.74 Å². The number of halogens is 2. The largest absolute Gasteiger partial charge is 0.487 e. The first-order valence-corrected chi connectivity index (χ1v) is 10.2. The van der Waals surface area contributed by atoms with Crippen LogP contribution in [0.2, 0.25) is 0 Å². The molecule has 0 fully saturated rings. The van der Waals surface area contributed by atoms with Crippen molar-refractivity contribution in [3.8, 4) is 11.4 Å². The molecule has 144 valence electrons. The van der Waals surface area contributed by atoms with Crippen LogP contribution in [-0.2, 0) is 6.61 Å². The summed E-state index contributed by atoms with van der Waals surface area (Å²) in [7, 11) is 0. The van der Waals surface area contributed by atoms with Gasteiger partial charge in [0.15, 0.2) is 0 Å². The molecular weight excluding hydrogens is 433 g/mol. The van der Waals surface area contributed by atoms with Gasteiger partial charge in [0.25, 0.3) is 0 Å². The molecule has 0 saturated heterocycles. The van der Waals surface area contributed by atoms with E-state index >= 15 is 0 Å². The molecule has 1 aliphatic rings. The molecule has 0 N–H and O–H groups in total. The molecule has 5 rings (SSSR count). The Kier molecular flexibility index (Phi) is 4.43. The summed E-state index contributed by atoms with van der Waals surface area (Å²) >= 11 is 3.77. The lowest BCUT2D eigenvalue weighted by atomic mass is 9.95. The number of hydrogen-bond donors (Lipinski definition) is 0. The van der Waals surface area contributed by atoms with E-state index in [9.17, 15) is 4.39 Å². The number of allylic oxidation sites excluding steroid dienone is 1. The van der Waals surface area contributed by atoms with E-state index in [1.165, 1.54) is 12.1 Å². The third-order valence-electron chi connectivity index (χ3n) is 5.12. The van der Waals surface area contributed by atoms with Gasteiger partial charge in [-0.3, -0.25) is 4.98 Å². The minimum Gasteiger partial charge on any atom is -0.487 e. The second-order valence-corrected chi connectivity index (χ2v) is 7.82. The van der Waals surface area contributed by atoms with E-state index in [1.807, 2.05) is 18.3 Å². The standard InChI is InChI=1S/C23H17BrFN3O/c1-2-19(24)23-17-4-3-9-26-20(17)13-29-22-11-21-14(10-18(22)23)12-27-28(21)16-7-5-15(25)6-8-16/h3-12H,2,13H2,1H3/b23-19-. The first kappa shape index (κ1) is 18.1. The zero-order valence-electron chi connectivity index (χ0n) is 15.7. The van der Waals surface area contributed by atoms with Gasteiger partial charge in [-0.1, -0.05) is 28.9 Å². The number of pyridine rings is 1. The molecule has 4 nitrogen and oxygen atoms in total. The first-order chi connectivity index (χ1) is 14.2. The van der Waals surface area contributed by atoms with Crippen LogP contribution < -0.4 is 4.74 Å². The predicted octanol–water partition coefficient (Wildman–Crippen LogP) is 6.02. The summed E-state index contributed by atoms with van der Waals surface area (Å²) in [6.07, 6.45) is 4.47. The van der Waals surface area contributed by atoms with Crippen LogP contribution in [0.15, 0.2) is 65.4 Å². The minimum atomic E-state index is -0.271. The molecule has 0 radical (unpaired) electrons. The van der Waals surface area contributed by atoms with Crippen LogP contribution in [0, 0.1) is 5.82 Å². The van der Waals surface area contributed by atoms with Gasteiger partial charge in [0, 0.05) is 38.8 Å². The Labute approximate surface area is 175 Å². The molecule has 0 atom stereocenters. The van der Waals surface area contributed by atoms with Gasteiger partial charge in [0.1, 0.15) is 18.2 Å². The van der Waals surface area contributed by atoms with Crippen LogP contribution in [0.25, 0.3) is 22.2 Å². The molecule has 2 aromatic heterocycles. The van der Waals surface area contributed by atoms with Crippen LogP contribution in [0.4, 0.5) is 4.39 Å². The maximum atomic E-state index is 13.3. The number of hydrogen-bond acceptors (Lipinski definition) is 3. The van der Waals surface area contributed by atoms with Crippen LogP contribution in [-0.4, -0.2) is 14.8 Å². The molecule has 4 aromatic rings. The molecule has 0 bridgehead atoms. The third-order valence-corrected chi connectivity index (χ3v) is 6.07. The van der Waals surface area contributed by atoms with Gasteiger partial charge in [0.05, 0.1) is 23.1 Å². The molecule has 29 heavy (non-hydrogen) atoms. The molecule has 0 aliphatic carbocycles. The number of aromatic nitrogens is 3. The van der Waals surface area contributed by atoms with Gasteiger partial charge in [-0.05, 0) is 42.8 Å². The number of rotatable bonds is 2. The van der Waals surface area contributed by atoms with Crippen molar-refractivity contribution >= 4 is 32.4 Å². The van der Waals surface area contributed by atoms with Crippen LogP contribution in [0.1, 0.15) is 30.2 Å². The lowest BCUT2D eigenvalue weighted by Crippen LogP contribution is -1.99. The molecule has 3 heterocycles. The quantitative estimate of drug-likeness (QED) is 0.375. The molecular formula is C23H17BrFN3O. The zero-order valence-corrected chi connectivity index (χ0v) is 17.3. The van der Waals surface area contributed by atoms with Crippen molar-refractivity contribution < 1.29 is 9.13 Å². The van der Waals surface area contributed by atoms with Gasteiger partial charge >= 0.3 is 0 Å². The predicted molar refractivity (Wildman–Crippen MR) is 115 cm³/mol. The van der Waals surface area contributed by atoms with Crippen molar-refractivity contribution in [2.45, 2.75) is 20.0 Å². The fraction of sp³-hybridized carbons (Fsp3) is 0.130. The molecule has 0 saturated carbocycles. The van der Waals surface area contributed by atoms with Crippen molar-refractivity contribution in [2.24, 2.45) is 0 Å². The highest BCUT2D eigenvalue weighted by molar-refractivity contribution is 9.11. The highest BCUT2D eigenvalue weighted by atomic mass is 79.9. The van der Waals surface area contributed by atoms with Crippen molar-refractivity contribution in [2.75, 3.05) is 0 Å². The van der Waals surface area contributed by atoms with E-state index in [4.69, 9.17) is 4.74 Å². The number of fused-ring (bicyclic) bond motifs is 3. The summed E-state index contributed by atoms with van der Waals surface area (Å²) in [6.45, 7) is 2.51. The molecule has 0 unspecified atom stereocenters. The molecule has 2 aromatic carbocycles. The monoisotopic (exact) mass is 449 g/mol. The minimum absolute atomic E-state index is 0.271. The summed E-state index contributed by atoms with van der Waals surface area (Å²) in [5.74, 6) is 0.506. The van der Waals surface area contributed by atoms with E-state index in [0.29, 0.717) is 6.61 Å². The second-order valence-electron chi connectivity index (χ2n) is 6.86. The second kappa shape index (κ2) is 7.12. The SMILES string of the molecule is CC/C(Br)=C1/c2cc3cnn(-c4ccc(F)cc4)c3cc2OCc2ncccc21. The fourth-order valence-corrected chi connectivity index (χ4v) is 4.13. The van der Waals surface area contributed by atoms with Crippen molar-refractivity contribution in [3.63, 3.8) is 0 Å². The van der Waals surface area contributed by atoms with E-state index in [2.05, 4.69) is 45.1 Å². The fourth-order valence-electron chi connectivity index (χ4n) is 3.70. The Balaban J connectivity index is 1.74. The zero-order chi connectivity index (χ0) is 20.0. The maximum Gasteiger partial charge on any atom is 0.131 e. The average Bonchev–Trinajstić information content (AvgIpc) is 3.08.